The van der Waals surface area contributed by atoms with Gasteiger partial charge in [-0.15, -0.1) is 0 Å². The van der Waals surface area contributed by atoms with E-state index in [1.165, 1.54) is 6.33 Å². The van der Waals surface area contributed by atoms with Gasteiger partial charge >= 0.3 is 5.82 Å². The van der Waals surface area contributed by atoms with Crippen LogP contribution in [0, 0.1) is 10.1 Å². The van der Waals surface area contributed by atoms with Crippen molar-refractivity contribution in [3.63, 3.8) is 0 Å². The first-order valence-corrected chi connectivity index (χ1v) is 7.19. The molecule has 110 valence electrons. The Morgan fingerprint density at radius 3 is 2.67 bits per heavy atom. The van der Waals surface area contributed by atoms with Crippen LogP contribution in [0.4, 0.5) is 5.82 Å². The number of amides is 1. The summed E-state index contributed by atoms with van der Waals surface area (Å²) >= 11 is 6.81. The molecule has 7 nitrogen and oxygen atoms in total. The van der Waals surface area contributed by atoms with Gasteiger partial charge in [-0.1, -0.05) is 35.5 Å². The summed E-state index contributed by atoms with van der Waals surface area (Å²) in [7, 11) is 0. The molecule has 0 fully saturated rings. The molecule has 0 saturated carbocycles. The third-order valence-electron chi connectivity index (χ3n) is 2.56. The van der Waals surface area contributed by atoms with Crippen molar-refractivity contribution in [3.8, 4) is 0 Å². The highest BCUT2D eigenvalue weighted by molar-refractivity contribution is 8.00. The van der Waals surface area contributed by atoms with E-state index in [-0.39, 0.29) is 11.6 Å². The number of carbonyl (C=O) groups excluding carboxylic acids is 1. The van der Waals surface area contributed by atoms with Crippen molar-refractivity contribution in [1.29, 1.82) is 0 Å². The van der Waals surface area contributed by atoms with Crippen molar-refractivity contribution < 1.29 is 9.72 Å². The largest absolute Gasteiger partial charge is 0.395 e. The van der Waals surface area contributed by atoms with E-state index in [9.17, 15) is 14.9 Å². The molecule has 1 aromatic heterocycles. The van der Waals surface area contributed by atoms with Crippen LogP contribution in [-0.4, -0.2) is 26.1 Å². The highest BCUT2D eigenvalue weighted by Gasteiger charge is 2.22. The summed E-state index contributed by atoms with van der Waals surface area (Å²) in [4.78, 5) is 25.0. The molecule has 21 heavy (non-hydrogen) atoms. The third-order valence-corrected chi connectivity index (χ3v) is 3.93. The van der Waals surface area contributed by atoms with Gasteiger partial charge in [0.05, 0.1) is 12.3 Å². The number of thioether (sulfide) groups is 1. The summed E-state index contributed by atoms with van der Waals surface area (Å²) < 4.78 is 1.61. The van der Waals surface area contributed by atoms with Crippen LogP contribution in [0.3, 0.4) is 0 Å². The van der Waals surface area contributed by atoms with Gasteiger partial charge in [-0.25, -0.2) is 0 Å². The van der Waals surface area contributed by atoms with Gasteiger partial charge in [-0.3, -0.25) is 9.36 Å². The fraction of sp³-hybridized carbons (Fsp3) is 0.167. The normalized spacial score (nSPS) is 10.5. The minimum Gasteiger partial charge on any atom is -0.369 e. The molecule has 0 radical (unpaired) electrons. The van der Waals surface area contributed by atoms with Gasteiger partial charge in [-0.2, -0.15) is 0 Å². The monoisotopic (exact) mass is 326 g/mol. The lowest BCUT2D eigenvalue weighted by Crippen LogP contribution is -2.14. The lowest BCUT2D eigenvalue weighted by atomic mass is 10.2. The third kappa shape index (κ3) is 3.96. The van der Waals surface area contributed by atoms with Crippen LogP contribution in [0.1, 0.15) is 5.56 Å². The fourth-order valence-corrected chi connectivity index (χ4v) is 2.61. The highest BCUT2D eigenvalue weighted by atomic mass is 35.5. The Hall–Kier alpha value is -2.06. The summed E-state index contributed by atoms with van der Waals surface area (Å²) in [5.74, 6) is -0.878. The zero-order valence-electron chi connectivity index (χ0n) is 10.7. The first-order valence-electron chi connectivity index (χ1n) is 5.82. The molecule has 0 spiro atoms. The molecular weight excluding hydrogens is 316 g/mol. The molecular formula is C12H11ClN4O3S. The Kier molecular flexibility index (Phi) is 4.81. The van der Waals surface area contributed by atoms with E-state index in [0.717, 1.165) is 17.3 Å². The summed E-state index contributed by atoms with van der Waals surface area (Å²) in [6.07, 6.45) is 1.37. The Labute approximate surface area is 129 Å². The standard InChI is InChI=1S/C12H11ClN4O3S/c13-9-3-1-8(2-4-9)5-16-7-15-11(17(19)20)12(16)21-6-10(14)18/h1-4,7H,5-6H2,(H2,14,18). The minimum absolute atomic E-state index is 0.0485. The van der Waals surface area contributed by atoms with E-state index in [0.29, 0.717) is 16.6 Å². The maximum Gasteiger partial charge on any atom is 0.395 e. The number of hydrogen-bond donors (Lipinski definition) is 1. The van der Waals surface area contributed by atoms with E-state index in [1.807, 2.05) is 12.1 Å². The lowest BCUT2D eigenvalue weighted by molar-refractivity contribution is -0.392. The number of primary amides is 1. The highest BCUT2D eigenvalue weighted by Crippen LogP contribution is 2.28. The molecule has 2 N–H and O–H groups in total. The molecule has 1 heterocycles. The molecule has 0 atom stereocenters. The van der Waals surface area contributed by atoms with Gasteiger partial charge in [0.25, 0.3) is 0 Å². The first-order chi connectivity index (χ1) is 9.97. The van der Waals surface area contributed by atoms with Crippen LogP contribution >= 0.6 is 23.4 Å². The second kappa shape index (κ2) is 6.59. The van der Waals surface area contributed by atoms with E-state index < -0.39 is 10.8 Å². The molecule has 2 rings (SSSR count). The number of nitrogens with zero attached hydrogens (tertiary/aromatic N) is 3. The molecule has 0 aliphatic heterocycles. The number of halogens is 1. The van der Waals surface area contributed by atoms with E-state index in [1.54, 1.807) is 16.7 Å². The van der Waals surface area contributed by atoms with Crippen LogP contribution in [0.2, 0.25) is 5.02 Å². The molecule has 0 aliphatic rings. The molecule has 0 saturated heterocycles. The number of hydrogen-bond acceptors (Lipinski definition) is 5. The van der Waals surface area contributed by atoms with Crippen LogP contribution < -0.4 is 5.73 Å². The van der Waals surface area contributed by atoms with Gasteiger partial charge in [0.15, 0.2) is 5.03 Å². The van der Waals surface area contributed by atoms with Gasteiger partial charge in [0.1, 0.15) is 0 Å². The summed E-state index contributed by atoms with van der Waals surface area (Å²) in [5, 5.41) is 11.9. The Balaban J connectivity index is 2.27. The Morgan fingerprint density at radius 2 is 2.10 bits per heavy atom. The summed E-state index contributed by atoms with van der Waals surface area (Å²) in [6, 6.07) is 7.10. The quantitative estimate of drug-likeness (QED) is 0.497. The Bertz CT molecular complexity index is 672. The minimum atomic E-state index is -0.582. The molecule has 1 aromatic carbocycles. The average molecular weight is 327 g/mol. The van der Waals surface area contributed by atoms with Crippen molar-refractivity contribution >= 4 is 35.1 Å². The summed E-state index contributed by atoms with van der Waals surface area (Å²) in [6.45, 7) is 0.388. The molecule has 9 heteroatoms. The predicted octanol–water partition coefficient (Wildman–Crippen LogP) is 2.07. The SMILES string of the molecule is NC(=O)CSc1c([N+](=O)[O-])ncn1Cc1ccc(Cl)cc1. The maximum absolute atomic E-state index is 11.0. The van der Waals surface area contributed by atoms with Crippen molar-refractivity contribution in [2.75, 3.05) is 5.75 Å². The van der Waals surface area contributed by atoms with Crippen molar-refractivity contribution in [3.05, 3.63) is 51.3 Å². The zero-order valence-corrected chi connectivity index (χ0v) is 12.3. The molecule has 2 aromatic rings. The summed E-state index contributed by atoms with van der Waals surface area (Å²) in [5.41, 5.74) is 5.99. The molecule has 0 aliphatic carbocycles. The predicted molar refractivity (Wildman–Crippen MR) is 79.4 cm³/mol. The number of rotatable bonds is 6. The maximum atomic E-state index is 11.0. The number of nitrogens with two attached hydrogens (primary N) is 1. The van der Waals surface area contributed by atoms with E-state index in [4.69, 9.17) is 17.3 Å². The van der Waals surface area contributed by atoms with Crippen LogP contribution in [0.5, 0.6) is 0 Å². The lowest BCUT2D eigenvalue weighted by Gasteiger charge is -2.06. The number of imidazole rings is 1. The molecule has 1 amide bonds. The zero-order chi connectivity index (χ0) is 15.4. The average Bonchev–Trinajstić information content (AvgIpc) is 2.82. The van der Waals surface area contributed by atoms with E-state index in [2.05, 4.69) is 4.98 Å². The number of aromatic nitrogens is 2. The molecule has 0 bridgehead atoms. The van der Waals surface area contributed by atoms with Crippen molar-refractivity contribution in [1.82, 2.24) is 9.55 Å². The van der Waals surface area contributed by atoms with Gasteiger partial charge in [0, 0.05) is 5.02 Å². The van der Waals surface area contributed by atoms with E-state index >= 15 is 0 Å². The van der Waals surface area contributed by atoms with Crippen molar-refractivity contribution in [2.24, 2.45) is 5.73 Å². The molecule has 0 unspecified atom stereocenters. The van der Waals surface area contributed by atoms with Crippen molar-refractivity contribution in [2.45, 2.75) is 11.6 Å². The number of carbonyl (C=O) groups is 1. The second-order valence-corrected chi connectivity index (χ2v) is 5.54. The van der Waals surface area contributed by atoms with Gasteiger partial charge in [0.2, 0.25) is 12.2 Å². The van der Waals surface area contributed by atoms with Crippen LogP contribution in [0.15, 0.2) is 35.6 Å². The van der Waals surface area contributed by atoms with Gasteiger partial charge < -0.3 is 15.8 Å². The fourth-order valence-electron chi connectivity index (χ4n) is 1.67. The first kappa shape index (κ1) is 15.3. The number of benzene rings is 1. The van der Waals surface area contributed by atoms with Crippen LogP contribution in [0.25, 0.3) is 0 Å². The topological polar surface area (TPSA) is 104 Å². The smallest absolute Gasteiger partial charge is 0.369 e. The van der Waals surface area contributed by atoms with Gasteiger partial charge in [-0.05, 0) is 27.6 Å². The number of nitro groups is 1. The second-order valence-electron chi connectivity index (χ2n) is 4.14. The van der Waals surface area contributed by atoms with Crippen LogP contribution in [-0.2, 0) is 11.3 Å². The Morgan fingerprint density at radius 1 is 1.43 bits per heavy atom.